The van der Waals surface area contributed by atoms with Crippen LogP contribution in [0.25, 0.3) is 10.9 Å². The Morgan fingerprint density at radius 2 is 2.11 bits per heavy atom. The van der Waals surface area contributed by atoms with Crippen molar-refractivity contribution in [3.8, 4) is 0 Å². The fraction of sp³-hybridized carbons (Fsp3) is 0.400. The summed E-state index contributed by atoms with van der Waals surface area (Å²) in [5.74, 6) is 0.0632. The zero-order valence-corrected chi connectivity index (χ0v) is 11.3. The minimum absolute atomic E-state index is 0.0632. The van der Waals surface area contributed by atoms with Crippen LogP contribution in [0.2, 0.25) is 0 Å². The van der Waals surface area contributed by atoms with Crippen LogP contribution >= 0.6 is 0 Å². The highest BCUT2D eigenvalue weighted by Crippen LogP contribution is 2.17. The van der Waals surface area contributed by atoms with Gasteiger partial charge in [-0.1, -0.05) is 25.1 Å². The Hall–Kier alpha value is -1.81. The van der Waals surface area contributed by atoms with Crippen LogP contribution in [0, 0.1) is 0 Å². The Morgan fingerprint density at radius 3 is 2.95 bits per heavy atom. The first-order valence-electron chi connectivity index (χ1n) is 6.83. The van der Waals surface area contributed by atoms with Crippen LogP contribution in [0.3, 0.4) is 0 Å². The second-order valence-electron chi connectivity index (χ2n) is 4.64. The standard InChI is InChI=1S/C15H21N3O/c1-2-8-16-11-15(19)17-9-7-12-10-18-14-6-4-3-5-13(12)14/h3-6,10,16,18H,2,7-9,11H2,1H3,(H,17,19). The van der Waals surface area contributed by atoms with E-state index in [0.29, 0.717) is 13.1 Å². The summed E-state index contributed by atoms with van der Waals surface area (Å²) in [6.07, 6.45) is 3.91. The van der Waals surface area contributed by atoms with E-state index < -0.39 is 0 Å². The van der Waals surface area contributed by atoms with Gasteiger partial charge in [-0.25, -0.2) is 0 Å². The molecule has 4 heteroatoms. The van der Waals surface area contributed by atoms with Gasteiger partial charge in [0.1, 0.15) is 0 Å². The first-order valence-corrected chi connectivity index (χ1v) is 6.83. The molecule has 0 spiro atoms. The molecule has 4 nitrogen and oxygen atoms in total. The summed E-state index contributed by atoms with van der Waals surface area (Å²) in [6.45, 7) is 4.05. The van der Waals surface area contributed by atoms with E-state index >= 15 is 0 Å². The molecule has 0 unspecified atom stereocenters. The molecule has 0 saturated heterocycles. The number of benzene rings is 1. The van der Waals surface area contributed by atoms with E-state index in [1.807, 2.05) is 18.3 Å². The Balaban J connectivity index is 1.78. The largest absolute Gasteiger partial charge is 0.361 e. The van der Waals surface area contributed by atoms with Gasteiger partial charge in [-0.2, -0.15) is 0 Å². The molecular weight excluding hydrogens is 238 g/mol. The van der Waals surface area contributed by atoms with Crippen molar-refractivity contribution in [2.75, 3.05) is 19.6 Å². The molecule has 1 aromatic carbocycles. The quantitative estimate of drug-likeness (QED) is 0.664. The molecule has 0 aliphatic heterocycles. The van der Waals surface area contributed by atoms with E-state index in [2.05, 4.69) is 34.7 Å². The number of aromatic nitrogens is 1. The minimum atomic E-state index is 0.0632. The average Bonchev–Trinajstić information content (AvgIpc) is 2.83. The highest BCUT2D eigenvalue weighted by molar-refractivity contribution is 5.83. The molecule has 1 amide bonds. The molecule has 3 N–H and O–H groups in total. The van der Waals surface area contributed by atoms with Crippen LogP contribution in [0.4, 0.5) is 0 Å². The third kappa shape index (κ3) is 3.83. The molecule has 0 bridgehead atoms. The smallest absolute Gasteiger partial charge is 0.233 e. The number of nitrogens with one attached hydrogen (secondary N) is 3. The van der Waals surface area contributed by atoms with Gasteiger partial charge in [-0.05, 0) is 31.0 Å². The summed E-state index contributed by atoms with van der Waals surface area (Å²) in [5, 5.41) is 7.26. The van der Waals surface area contributed by atoms with Gasteiger partial charge in [0.25, 0.3) is 0 Å². The van der Waals surface area contributed by atoms with E-state index in [4.69, 9.17) is 0 Å². The van der Waals surface area contributed by atoms with Gasteiger partial charge in [0, 0.05) is 23.6 Å². The number of aromatic amines is 1. The van der Waals surface area contributed by atoms with Crippen molar-refractivity contribution in [3.63, 3.8) is 0 Å². The van der Waals surface area contributed by atoms with Crippen molar-refractivity contribution in [2.24, 2.45) is 0 Å². The maximum absolute atomic E-state index is 11.5. The van der Waals surface area contributed by atoms with Crippen LogP contribution in [0.1, 0.15) is 18.9 Å². The number of hydrogen-bond donors (Lipinski definition) is 3. The number of carbonyl (C=O) groups is 1. The molecule has 2 rings (SSSR count). The van der Waals surface area contributed by atoms with Gasteiger partial charge in [-0.15, -0.1) is 0 Å². The molecule has 1 heterocycles. The third-order valence-corrected chi connectivity index (χ3v) is 3.10. The molecule has 0 atom stereocenters. The highest BCUT2D eigenvalue weighted by Gasteiger charge is 2.04. The predicted molar refractivity (Wildman–Crippen MR) is 78.2 cm³/mol. The molecule has 0 aliphatic carbocycles. The lowest BCUT2D eigenvalue weighted by molar-refractivity contribution is -0.120. The van der Waals surface area contributed by atoms with Crippen molar-refractivity contribution in [1.29, 1.82) is 0 Å². The summed E-state index contributed by atoms with van der Waals surface area (Å²) in [4.78, 5) is 14.8. The summed E-state index contributed by atoms with van der Waals surface area (Å²) in [7, 11) is 0. The van der Waals surface area contributed by atoms with Crippen molar-refractivity contribution in [1.82, 2.24) is 15.6 Å². The summed E-state index contributed by atoms with van der Waals surface area (Å²) in [6, 6.07) is 8.22. The Kier molecular flexibility index (Phi) is 4.98. The van der Waals surface area contributed by atoms with E-state index in [1.54, 1.807) is 0 Å². The number of H-pyrrole nitrogens is 1. The molecule has 102 valence electrons. The Bertz CT molecular complexity index is 533. The van der Waals surface area contributed by atoms with Crippen molar-refractivity contribution in [3.05, 3.63) is 36.0 Å². The topological polar surface area (TPSA) is 56.9 Å². The number of hydrogen-bond acceptors (Lipinski definition) is 2. The normalized spacial score (nSPS) is 10.8. The van der Waals surface area contributed by atoms with Crippen LogP contribution in [0.15, 0.2) is 30.5 Å². The summed E-state index contributed by atoms with van der Waals surface area (Å²) >= 11 is 0. The zero-order chi connectivity index (χ0) is 13.5. The van der Waals surface area contributed by atoms with Gasteiger partial charge in [0.15, 0.2) is 0 Å². The minimum Gasteiger partial charge on any atom is -0.361 e. The van der Waals surface area contributed by atoms with Crippen LogP contribution in [-0.2, 0) is 11.2 Å². The number of amides is 1. The van der Waals surface area contributed by atoms with Gasteiger partial charge in [0.2, 0.25) is 5.91 Å². The number of carbonyl (C=O) groups excluding carboxylic acids is 1. The monoisotopic (exact) mass is 259 g/mol. The average molecular weight is 259 g/mol. The first kappa shape index (κ1) is 13.6. The first-order chi connectivity index (χ1) is 9.31. The lowest BCUT2D eigenvalue weighted by Gasteiger charge is -2.05. The van der Waals surface area contributed by atoms with Crippen molar-refractivity contribution in [2.45, 2.75) is 19.8 Å². The van der Waals surface area contributed by atoms with Crippen LogP contribution in [0.5, 0.6) is 0 Å². The van der Waals surface area contributed by atoms with Gasteiger partial charge < -0.3 is 15.6 Å². The fourth-order valence-electron chi connectivity index (χ4n) is 2.12. The number of para-hydroxylation sites is 1. The Morgan fingerprint density at radius 1 is 1.26 bits per heavy atom. The molecule has 0 fully saturated rings. The van der Waals surface area contributed by atoms with Crippen LogP contribution < -0.4 is 10.6 Å². The van der Waals surface area contributed by atoms with Gasteiger partial charge >= 0.3 is 0 Å². The van der Waals surface area contributed by atoms with E-state index in [-0.39, 0.29) is 5.91 Å². The SMILES string of the molecule is CCCNCC(=O)NCCc1c[nH]c2ccccc12. The maximum Gasteiger partial charge on any atom is 0.233 e. The zero-order valence-electron chi connectivity index (χ0n) is 11.3. The molecule has 1 aromatic heterocycles. The molecular formula is C15H21N3O. The summed E-state index contributed by atoms with van der Waals surface area (Å²) in [5.41, 5.74) is 2.39. The molecule has 0 aliphatic rings. The van der Waals surface area contributed by atoms with Crippen molar-refractivity contribution < 1.29 is 4.79 Å². The van der Waals surface area contributed by atoms with Crippen LogP contribution in [-0.4, -0.2) is 30.5 Å². The maximum atomic E-state index is 11.5. The molecule has 0 radical (unpaired) electrons. The number of rotatable bonds is 7. The Labute approximate surface area is 113 Å². The van der Waals surface area contributed by atoms with Gasteiger partial charge in [-0.3, -0.25) is 4.79 Å². The number of fused-ring (bicyclic) bond motifs is 1. The lowest BCUT2D eigenvalue weighted by Crippen LogP contribution is -2.35. The van der Waals surface area contributed by atoms with Crippen molar-refractivity contribution >= 4 is 16.8 Å². The summed E-state index contributed by atoms with van der Waals surface area (Å²) < 4.78 is 0. The van der Waals surface area contributed by atoms with E-state index in [0.717, 1.165) is 24.9 Å². The molecule has 19 heavy (non-hydrogen) atoms. The third-order valence-electron chi connectivity index (χ3n) is 3.10. The molecule has 0 saturated carbocycles. The highest BCUT2D eigenvalue weighted by atomic mass is 16.1. The fourth-order valence-corrected chi connectivity index (χ4v) is 2.12. The lowest BCUT2D eigenvalue weighted by atomic mass is 10.1. The predicted octanol–water partition coefficient (Wildman–Crippen LogP) is 1.83. The second-order valence-corrected chi connectivity index (χ2v) is 4.64. The van der Waals surface area contributed by atoms with Gasteiger partial charge in [0.05, 0.1) is 6.54 Å². The second kappa shape index (κ2) is 6.95. The van der Waals surface area contributed by atoms with E-state index in [9.17, 15) is 4.79 Å². The molecule has 2 aromatic rings. The van der Waals surface area contributed by atoms with E-state index in [1.165, 1.54) is 10.9 Å².